The summed E-state index contributed by atoms with van der Waals surface area (Å²) in [5.41, 5.74) is 3.00. The molecule has 28 heavy (non-hydrogen) atoms. The molecule has 0 spiro atoms. The zero-order valence-corrected chi connectivity index (χ0v) is 18.2. The van der Waals surface area contributed by atoms with Crippen molar-refractivity contribution in [1.29, 1.82) is 0 Å². The number of ketones is 1. The Bertz CT molecular complexity index is 1040. The zero-order valence-electron chi connectivity index (χ0n) is 15.9. The second-order valence-electron chi connectivity index (χ2n) is 7.34. The van der Waals surface area contributed by atoms with Gasteiger partial charge in [-0.2, -0.15) is 0 Å². The van der Waals surface area contributed by atoms with Crippen LogP contribution in [0.2, 0.25) is 10.0 Å². The van der Waals surface area contributed by atoms with E-state index >= 15 is 0 Å². The van der Waals surface area contributed by atoms with Crippen LogP contribution in [-0.2, 0) is 14.6 Å². The molecule has 0 radical (unpaired) electrons. The van der Waals surface area contributed by atoms with Crippen LogP contribution in [0, 0.1) is 5.92 Å². The normalized spacial score (nSPS) is 17.6. The molecule has 2 aromatic carbocycles. The first-order valence-corrected chi connectivity index (χ1v) is 11.4. The molecule has 0 amide bonds. The first-order valence-electron chi connectivity index (χ1n) is 8.75. The van der Waals surface area contributed by atoms with E-state index in [2.05, 4.69) is 0 Å². The van der Waals surface area contributed by atoms with Gasteiger partial charge in [-0.25, -0.2) is 8.42 Å². The van der Waals surface area contributed by atoms with Gasteiger partial charge >= 0.3 is 0 Å². The Hall–Kier alpha value is -1.66. The van der Waals surface area contributed by atoms with Gasteiger partial charge in [0.05, 0.1) is 4.90 Å². The Labute approximate surface area is 175 Å². The number of carbonyl (C=O) groups is 1. The molecule has 7 heteroatoms. The van der Waals surface area contributed by atoms with Gasteiger partial charge in [-0.05, 0) is 67.5 Å². The fourth-order valence-electron chi connectivity index (χ4n) is 3.56. The third-order valence-electron chi connectivity index (χ3n) is 4.74. The lowest BCUT2D eigenvalue weighted by Gasteiger charge is -2.15. The highest BCUT2D eigenvalue weighted by Gasteiger charge is 2.34. The van der Waals surface area contributed by atoms with E-state index in [1.807, 2.05) is 19.0 Å². The molecule has 0 fully saturated rings. The first-order chi connectivity index (χ1) is 13.1. The summed E-state index contributed by atoms with van der Waals surface area (Å²) in [6, 6.07) is 11.8. The number of hydrogen-bond acceptors (Lipinski definition) is 4. The third kappa shape index (κ3) is 4.49. The highest BCUT2D eigenvalue weighted by molar-refractivity contribution is 7.90. The molecule has 0 saturated heterocycles. The van der Waals surface area contributed by atoms with Crippen molar-refractivity contribution >= 4 is 50.0 Å². The Balaban J connectivity index is 2.13. The van der Waals surface area contributed by atoms with Crippen molar-refractivity contribution in [3.63, 3.8) is 0 Å². The third-order valence-corrected chi connectivity index (χ3v) is 6.30. The summed E-state index contributed by atoms with van der Waals surface area (Å²) < 4.78 is 23.5. The van der Waals surface area contributed by atoms with Gasteiger partial charge in [-0.1, -0.05) is 35.3 Å². The largest absolute Gasteiger partial charge is 0.309 e. The molecule has 0 bridgehead atoms. The summed E-state index contributed by atoms with van der Waals surface area (Å²) in [6.07, 6.45) is 1.75. The smallest absolute Gasteiger partial charge is 0.175 e. The summed E-state index contributed by atoms with van der Waals surface area (Å²) in [7, 11) is 0.583. The number of sulfone groups is 1. The van der Waals surface area contributed by atoms with E-state index in [0.29, 0.717) is 34.1 Å². The Morgan fingerprint density at radius 3 is 2.07 bits per heavy atom. The number of rotatable bonds is 5. The minimum absolute atomic E-state index is 0.0502. The molecule has 2 aromatic rings. The van der Waals surface area contributed by atoms with Crippen LogP contribution in [-0.4, -0.2) is 46.0 Å². The van der Waals surface area contributed by atoms with Gasteiger partial charge in [-0.15, -0.1) is 0 Å². The van der Waals surface area contributed by atoms with E-state index in [9.17, 15) is 13.2 Å². The lowest BCUT2D eigenvalue weighted by Crippen LogP contribution is -2.25. The van der Waals surface area contributed by atoms with Crippen LogP contribution < -0.4 is 0 Å². The fraction of sp³-hybridized carbons (Fsp3) is 0.286. The lowest BCUT2D eigenvalue weighted by molar-refractivity contribution is -0.117. The standard InChI is InChI=1S/C21H21Cl2NO3S/c1-24(2)12-15-10-19(13-4-6-18(7-5-13)28(3,26)27)20(21(15)25)14-8-16(22)11-17(23)9-14/h4-9,11,15H,10,12H2,1-3H3. The molecule has 148 valence electrons. The molecule has 0 N–H and O–H groups in total. The molecule has 1 aliphatic carbocycles. The topological polar surface area (TPSA) is 54.5 Å². The minimum atomic E-state index is -3.28. The van der Waals surface area contributed by atoms with Gasteiger partial charge < -0.3 is 4.90 Å². The maximum absolute atomic E-state index is 13.2. The zero-order chi connectivity index (χ0) is 20.6. The minimum Gasteiger partial charge on any atom is -0.309 e. The van der Waals surface area contributed by atoms with Crippen LogP contribution in [0.25, 0.3) is 11.1 Å². The quantitative estimate of drug-likeness (QED) is 0.692. The van der Waals surface area contributed by atoms with Crippen LogP contribution in [0.5, 0.6) is 0 Å². The number of Topliss-reactive ketones (excluding diaryl/α,β-unsaturated/α-hetero) is 1. The van der Waals surface area contributed by atoms with E-state index in [-0.39, 0.29) is 16.6 Å². The maximum Gasteiger partial charge on any atom is 0.175 e. The molecule has 4 nitrogen and oxygen atoms in total. The second kappa shape index (κ2) is 7.99. The van der Waals surface area contributed by atoms with Crippen LogP contribution >= 0.6 is 23.2 Å². The van der Waals surface area contributed by atoms with Crippen molar-refractivity contribution in [3.8, 4) is 0 Å². The molecule has 0 aliphatic heterocycles. The molecular weight excluding hydrogens is 417 g/mol. The van der Waals surface area contributed by atoms with Crippen molar-refractivity contribution in [2.45, 2.75) is 11.3 Å². The number of allylic oxidation sites excluding steroid dienone is 2. The summed E-state index contributed by atoms with van der Waals surface area (Å²) in [5, 5.41) is 0.927. The van der Waals surface area contributed by atoms with Gasteiger partial charge in [0, 0.05) is 34.3 Å². The van der Waals surface area contributed by atoms with Crippen molar-refractivity contribution in [2.24, 2.45) is 5.92 Å². The van der Waals surface area contributed by atoms with Crippen LogP contribution in [0.15, 0.2) is 47.4 Å². The van der Waals surface area contributed by atoms with E-state index in [0.717, 1.165) is 11.1 Å². The van der Waals surface area contributed by atoms with Crippen molar-refractivity contribution in [3.05, 3.63) is 63.6 Å². The first kappa shape index (κ1) is 21.1. The van der Waals surface area contributed by atoms with Gasteiger partial charge in [0.15, 0.2) is 15.6 Å². The lowest BCUT2D eigenvalue weighted by atomic mass is 9.96. The summed E-state index contributed by atoms with van der Waals surface area (Å²) in [4.78, 5) is 15.4. The van der Waals surface area contributed by atoms with E-state index in [4.69, 9.17) is 23.2 Å². The maximum atomic E-state index is 13.2. The molecule has 1 atom stereocenters. The van der Waals surface area contributed by atoms with Crippen molar-refractivity contribution < 1.29 is 13.2 Å². The number of halogens is 2. The van der Waals surface area contributed by atoms with E-state index in [1.54, 1.807) is 42.5 Å². The number of hydrogen-bond donors (Lipinski definition) is 0. The summed E-state index contributed by atoms with van der Waals surface area (Å²) >= 11 is 12.3. The monoisotopic (exact) mass is 437 g/mol. The average molecular weight is 438 g/mol. The SMILES string of the molecule is CN(C)CC1CC(c2ccc(S(C)(=O)=O)cc2)=C(c2cc(Cl)cc(Cl)c2)C1=O. The molecule has 3 rings (SSSR count). The molecule has 1 aliphatic rings. The van der Waals surface area contributed by atoms with Crippen molar-refractivity contribution in [1.82, 2.24) is 4.90 Å². The summed E-state index contributed by atoms with van der Waals surface area (Å²) in [5.74, 6) is -0.124. The molecular formula is C21H21Cl2NO3S. The van der Waals surface area contributed by atoms with Gasteiger partial charge in [0.2, 0.25) is 0 Å². The number of carbonyl (C=O) groups excluding carboxylic acids is 1. The van der Waals surface area contributed by atoms with Gasteiger partial charge in [0.25, 0.3) is 0 Å². The highest BCUT2D eigenvalue weighted by Crippen LogP contribution is 2.42. The van der Waals surface area contributed by atoms with Crippen LogP contribution in [0.1, 0.15) is 17.5 Å². The Morgan fingerprint density at radius 1 is 1.00 bits per heavy atom. The fourth-order valence-corrected chi connectivity index (χ4v) is 4.72. The predicted octanol–water partition coefficient (Wildman–Crippen LogP) is 4.46. The van der Waals surface area contributed by atoms with Crippen molar-refractivity contribution in [2.75, 3.05) is 26.9 Å². The Morgan fingerprint density at radius 2 is 1.57 bits per heavy atom. The highest BCUT2D eigenvalue weighted by atomic mass is 35.5. The molecule has 0 saturated carbocycles. The molecule has 0 aromatic heterocycles. The van der Waals surface area contributed by atoms with E-state index in [1.165, 1.54) is 6.26 Å². The molecule has 0 heterocycles. The van der Waals surface area contributed by atoms with E-state index < -0.39 is 9.84 Å². The Kier molecular flexibility index (Phi) is 6.01. The number of nitrogens with zero attached hydrogens (tertiary/aromatic N) is 1. The van der Waals surface area contributed by atoms with Crippen LogP contribution in [0.3, 0.4) is 0 Å². The average Bonchev–Trinajstić information content (AvgIpc) is 2.89. The van der Waals surface area contributed by atoms with Gasteiger partial charge in [0.1, 0.15) is 0 Å². The second-order valence-corrected chi connectivity index (χ2v) is 10.2. The van der Waals surface area contributed by atoms with Gasteiger partial charge in [-0.3, -0.25) is 4.79 Å². The summed E-state index contributed by atoms with van der Waals surface area (Å²) in [6.45, 7) is 0.627. The number of benzene rings is 2. The predicted molar refractivity (Wildman–Crippen MR) is 114 cm³/mol. The van der Waals surface area contributed by atoms with Crippen LogP contribution in [0.4, 0.5) is 0 Å². The molecule has 1 unspecified atom stereocenters.